The average Bonchev–Trinajstić information content (AvgIpc) is 2.91. The Balaban J connectivity index is 2.15. The number of hydrogen-bond donors (Lipinski definition) is 0. The summed E-state index contributed by atoms with van der Waals surface area (Å²) in [6.45, 7) is 0.618. The van der Waals surface area contributed by atoms with Gasteiger partial charge in [-0.15, -0.1) is 11.6 Å². The summed E-state index contributed by atoms with van der Waals surface area (Å²) in [6.07, 6.45) is 4.73. The van der Waals surface area contributed by atoms with Gasteiger partial charge in [-0.3, -0.25) is 0 Å². The van der Waals surface area contributed by atoms with E-state index in [9.17, 15) is 8.42 Å². The smallest absolute Gasteiger partial charge is 0.207 e. The predicted octanol–water partition coefficient (Wildman–Crippen LogP) is 3.24. The second-order valence-electron chi connectivity index (χ2n) is 5.22. The van der Waals surface area contributed by atoms with Crippen molar-refractivity contribution in [1.29, 1.82) is 0 Å². The standard InChI is InChI=1S/C14H20ClNO2S/c1-16(11-12-5-2-3-6-12)19(17,18)14-8-4-7-13(9-14)10-15/h4,7-9,12H,2-3,5-6,10-11H2,1H3. The number of hydrogen-bond acceptors (Lipinski definition) is 2. The van der Waals surface area contributed by atoms with E-state index in [1.165, 1.54) is 17.1 Å². The quantitative estimate of drug-likeness (QED) is 0.783. The van der Waals surface area contributed by atoms with Crippen LogP contribution in [0.15, 0.2) is 29.2 Å². The fourth-order valence-electron chi connectivity index (χ4n) is 2.62. The van der Waals surface area contributed by atoms with Gasteiger partial charge in [-0.05, 0) is 36.5 Å². The molecule has 0 amide bonds. The number of alkyl halides is 1. The molecule has 2 rings (SSSR count). The lowest BCUT2D eigenvalue weighted by Crippen LogP contribution is -2.31. The summed E-state index contributed by atoms with van der Waals surface area (Å²) in [5, 5.41) is 0. The fraction of sp³-hybridized carbons (Fsp3) is 0.571. The lowest BCUT2D eigenvalue weighted by Gasteiger charge is -2.21. The van der Waals surface area contributed by atoms with Gasteiger partial charge in [0.1, 0.15) is 0 Å². The molecule has 0 unspecified atom stereocenters. The zero-order chi connectivity index (χ0) is 13.9. The molecule has 1 fully saturated rings. The molecule has 0 N–H and O–H groups in total. The molecule has 0 heterocycles. The second-order valence-corrected chi connectivity index (χ2v) is 7.53. The van der Waals surface area contributed by atoms with Crippen LogP contribution in [0.3, 0.4) is 0 Å². The molecule has 1 aromatic rings. The molecule has 0 spiro atoms. The Labute approximate surface area is 120 Å². The van der Waals surface area contributed by atoms with Crippen molar-refractivity contribution in [3.8, 4) is 0 Å². The van der Waals surface area contributed by atoms with Gasteiger partial charge < -0.3 is 0 Å². The third kappa shape index (κ3) is 3.50. The highest BCUT2D eigenvalue weighted by molar-refractivity contribution is 7.89. The van der Waals surface area contributed by atoms with E-state index in [1.807, 2.05) is 6.07 Å². The van der Waals surface area contributed by atoms with Gasteiger partial charge in [-0.25, -0.2) is 12.7 Å². The summed E-state index contributed by atoms with van der Waals surface area (Å²) in [6, 6.07) is 6.88. The second kappa shape index (κ2) is 6.25. The van der Waals surface area contributed by atoms with Gasteiger partial charge in [0.25, 0.3) is 0 Å². The maximum absolute atomic E-state index is 12.5. The molecule has 3 nitrogen and oxygen atoms in total. The Kier molecular flexibility index (Phi) is 4.87. The fourth-order valence-corrected chi connectivity index (χ4v) is 4.11. The molecule has 0 saturated heterocycles. The van der Waals surface area contributed by atoms with E-state index in [1.54, 1.807) is 25.2 Å². The SMILES string of the molecule is CN(CC1CCCC1)S(=O)(=O)c1cccc(CCl)c1. The number of benzene rings is 1. The molecule has 5 heteroatoms. The molecule has 106 valence electrons. The van der Waals surface area contributed by atoms with Crippen molar-refractivity contribution in [2.75, 3.05) is 13.6 Å². The van der Waals surface area contributed by atoms with E-state index >= 15 is 0 Å². The van der Waals surface area contributed by atoms with Crippen LogP contribution in [0.4, 0.5) is 0 Å². The molecule has 1 aromatic carbocycles. The van der Waals surface area contributed by atoms with E-state index in [2.05, 4.69) is 0 Å². The lowest BCUT2D eigenvalue weighted by molar-refractivity contribution is 0.387. The molecule has 0 aliphatic heterocycles. The van der Waals surface area contributed by atoms with Crippen LogP contribution in [-0.2, 0) is 15.9 Å². The van der Waals surface area contributed by atoms with E-state index in [4.69, 9.17) is 11.6 Å². The average molecular weight is 302 g/mol. The van der Waals surface area contributed by atoms with Gasteiger partial charge in [0.2, 0.25) is 10.0 Å². The van der Waals surface area contributed by atoms with Crippen molar-refractivity contribution < 1.29 is 8.42 Å². The van der Waals surface area contributed by atoms with Crippen molar-refractivity contribution >= 4 is 21.6 Å². The first kappa shape index (κ1) is 14.8. The Morgan fingerprint density at radius 3 is 2.63 bits per heavy atom. The molecule has 1 aliphatic carbocycles. The summed E-state index contributed by atoms with van der Waals surface area (Å²) < 4.78 is 26.4. The molecule has 0 bridgehead atoms. The van der Waals surface area contributed by atoms with Crippen LogP contribution in [-0.4, -0.2) is 26.3 Å². The summed E-state index contributed by atoms with van der Waals surface area (Å²) >= 11 is 5.76. The summed E-state index contributed by atoms with van der Waals surface area (Å²) in [5.41, 5.74) is 0.831. The maximum atomic E-state index is 12.5. The predicted molar refractivity (Wildman–Crippen MR) is 77.8 cm³/mol. The van der Waals surface area contributed by atoms with Crippen LogP contribution in [0.5, 0.6) is 0 Å². The van der Waals surface area contributed by atoms with Crippen LogP contribution < -0.4 is 0 Å². The Morgan fingerprint density at radius 1 is 1.32 bits per heavy atom. The van der Waals surface area contributed by atoms with Gasteiger partial charge in [0.05, 0.1) is 4.90 Å². The summed E-state index contributed by atoms with van der Waals surface area (Å²) in [7, 11) is -1.72. The first-order valence-corrected chi connectivity index (χ1v) is 8.62. The van der Waals surface area contributed by atoms with Gasteiger partial charge >= 0.3 is 0 Å². The van der Waals surface area contributed by atoms with Crippen LogP contribution in [0.25, 0.3) is 0 Å². The Hall–Kier alpha value is -0.580. The van der Waals surface area contributed by atoms with Gasteiger partial charge in [0, 0.05) is 19.5 Å². The molecule has 1 aliphatic rings. The summed E-state index contributed by atoms with van der Waals surface area (Å²) in [5.74, 6) is 0.839. The van der Waals surface area contributed by atoms with Crippen LogP contribution in [0, 0.1) is 5.92 Å². The lowest BCUT2D eigenvalue weighted by atomic mass is 10.1. The van der Waals surface area contributed by atoms with Gasteiger partial charge in [-0.2, -0.15) is 0 Å². The topological polar surface area (TPSA) is 37.4 Å². The van der Waals surface area contributed by atoms with Crippen molar-refractivity contribution in [2.45, 2.75) is 36.5 Å². The molecule has 0 radical (unpaired) electrons. The van der Waals surface area contributed by atoms with Crippen LogP contribution >= 0.6 is 11.6 Å². The normalized spacial score (nSPS) is 17.2. The highest BCUT2D eigenvalue weighted by Gasteiger charge is 2.25. The van der Waals surface area contributed by atoms with Crippen LogP contribution in [0.1, 0.15) is 31.2 Å². The monoisotopic (exact) mass is 301 g/mol. The largest absolute Gasteiger partial charge is 0.242 e. The van der Waals surface area contributed by atoms with E-state index in [0.29, 0.717) is 23.2 Å². The van der Waals surface area contributed by atoms with Gasteiger partial charge in [0.15, 0.2) is 0 Å². The van der Waals surface area contributed by atoms with Gasteiger partial charge in [-0.1, -0.05) is 25.0 Å². The Bertz CT molecular complexity index is 524. The third-order valence-electron chi connectivity index (χ3n) is 3.75. The molecular weight excluding hydrogens is 282 g/mol. The van der Waals surface area contributed by atoms with Crippen LogP contribution in [0.2, 0.25) is 0 Å². The first-order valence-electron chi connectivity index (χ1n) is 6.65. The third-order valence-corrected chi connectivity index (χ3v) is 5.88. The van der Waals surface area contributed by atoms with Crippen molar-refractivity contribution in [1.82, 2.24) is 4.31 Å². The number of rotatable bonds is 5. The Morgan fingerprint density at radius 2 is 2.00 bits per heavy atom. The van der Waals surface area contributed by atoms with E-state index in [0.717, 1.165) is 18.4 Å². The minimum atomic E-state index is -3.38. The zero-order valence-corrected chi connectivity index (χ0v) is 12.8. The van der Waals surface area contributed by atoms with Crippen molar-refractivity contribution in [2.24, 2.45) is 5.92 Å². The summed E-state index contributed by atoms with van der Waals surface area (Å²) in [4.78, 5) is 0.339. The van der Waals surface area contributed by atoms with Crippen molar-refractivity contribution in [3.63, 3.8) is 0 Å². The minimum Gasteiger partial charge on any atom is -0.207 e. The highest BCUT2D eigenvalue weighted by atomic mass is 35.5. The zero-order valence-electron chi connectivity index (χ0n) is 11.2. The molecule has 0 aromatic heterocycles. The highest BCUT2D eigenvalue weighted by Crippen LogP contribution is 2.27. The maximum Gasteiger partial charge on any atom is 0.242 e. The van der Waals surface area contributed by atoms with E-state index in [-0.39, 0.29) is 0 Å². The molecular formula is C14H20ClNO2S. The first-order chi connectivity index (χ1) is 9.04. The molecule has 1 saturated carbocycles. The molecule has 19 heavy (non-hydrogen) atoms. The number of sulfonamides is 1. The molecule has 0 atom stereocenters. The van der Waals surface area contributed by atoms with Crippen molar-refractivity contribution in [3.05, 3.63) is 29.8 Å². The minimum absolute atomic E-state index is 0.329. The number of nitrogens with zero attached hydrogens (tertiary/aromatic N) is 1. The number of halogens is 1. The van der Waals surface area contributed by atoms with E-state index < -0.39 is 10.0 Å².